The summed E-state index contributed by atoms with van der Waals surface area (Å²) >= 11 is 0. The van der Waals surface area contributed by atoms with Crippen LogP contribution in [0.15, 0.2) is 72.8 Å². The Bertz CT molecular complexity index is 1100. The van der Waals surface area contributed by atoms with Gasteiger partial charge in [0.1, 0.15) is 17.7 Å². The summed E-state index contributed by atoms with van der Waals surface area (Å²) < 4.78 is 10.6. The molecule has 2 N–H and O–H groups in total. The number of nitrogens with zero attached hydrogens (tertiary/aromatic N) is 2. The van der Waals surface area contributed by atoms with Crippen molar-refractivity contribution in [3.63, 3.8) is 0 Å². The molecule has 31 heavy (non-hydrogen) atoms. The molecule has 7 nitrogen and oxygen atoms in total. The molecule has 1 aliphatic rings. The van der Waals surface area contributed by atoms with E-state index in [9.17, 15) is 9.59 Å². The monoisotopic (exact) mass is 417 g/mol. The van der Waals surface area contributed by atoms with Crippen LogP contribution < -0.4 is 25.0 Å². The van der Waals surface area contributed by atoms with Gasteiger partial charge in [-0.05, 0) is 54.1 Å². The van der Waals surface area contributed by atoms with Crippen molar-refractivity contribution in [2.75, 3.05) is 30.6 Å². The van der Waals surface area contributed by atoms with Gasteiger partial charge in [-0.1, -0.05) is 24.3 Å². The van der Waals surface area contributed by atoms with Gasteiger partial charge in [0, 0.05) is 12.7 Å². The molecule has 0 unspecified atom stereocenters. The molecule has 1 aliphatic heterocycles. The van der Waals surface area contributed by atoms with Gasteiger partial charge in [0.05, 0.1) is 18.4 Å². The maximum Gasteiger partial charge on any atom is 0.262 e. The van der Waals surface area contributed by atoms with Crippen LogP contribution in [0.1, 0.15) is 22.1 Å². The highest BCUT2D eigenvalue weighted by Crippen LogP contribution is 2.41. The summed E-state index contributed by atoms with van der Waals surface area (Å²) in [5, 5.41) is 0. The number of fused-ring (bicyclic) bond motifs is 1. The summed E-state index contributed by atoms with van der Waals surface area (Å²) in [5.41, 5.74) is 8.29. The first kappa shape index (κ1) is 20.3. The fraction of sp³-hybridized carbons (Fsp3) is 0.167. The van der Waals surface area contributed by atoms with Crippen LogP contribution in [0.25, 0.3) is 0 Å². The first-order valence-corrected chi connectivity index (χ1v) is 9.80. The molecular weight excluding hydrogens is 394 g/mol. The van der Waals surface area contributed by atoms with E-state index >= 15 is 0 Å². The average molecular weight is 417 g/mol. The first-order chi connectivity index (χ1) is 15.0. The maximum atomic E-state index is 13.5. The largest absolute Gasteiger partial charge is 0.497 e. The molecule has 0 saturated carbocycles. The van der Waals surface area contributed by atoms with E-state index in [4.69, 9.17) is 15.2 Å². The Hall–Kier alpha value is -4.00. The van der Waals surface area contributed by atoms with Crippen molar-refractivity contribution in [1.29, 1.82) is 0 Å². The standard InChI is InChI=1S/C24H23N3O4/c1-26-21-6-4-3-5-20(21)24(29)27(17-9-13-18(30-2)14-10-17)23(26)16-7-11-19(12-8-16)31-15-22(25)28/h3-14,23H,15H2,1-2H3,(H2,25,28)/t23-/m0/s1. The number of para-hydroxylation sites is 1. The molecule has 0 spiro atoms. The molecule has 0 fully saturated rings. The molecule has 0 bridgehead atoms. The third kappa shape index (κ3) is 3.90. The number of benzene rings is 3. The van der Waals surface area contributed by atoms with Crippen molar-refractivity contribution >= 4 is 23.2 Å². The minimum Gasteiger partial charge on any atom is -0.497 e. The van der Waals surface area contributed by atoms with E-state index in [1.807, 2.05) is 67.7 Å². The highest BCUT2D eigenvalue weighted by Gasteiger charge is 2.37. The lowest BCUT2D eigenvalue weighted by Gasteiger charge is -2.44. The second-order valence-electron chi connectivity index (χ2n) is 7.20. The highest BCUT2D eigenvalue weighted by molar-refractivity contribution is 6.12. The van der Waals surface area contributed by atoms with Gasteiger partial charge in [-0.15, -0.1) is 0 Å². The van der Waals surface area contributed by atoms with Gasteiger partial charge in [-0.2, -0.15) is 0 Å². The fourth-order valence-corrected chi connectivity index (χ4v) is 3.77. The number of carbonyl (C=O) groups excluding carboxylic acids is 2. The Morgan fingerprint density at radius 2 is 1.61 bits per heavy atom. The van der Waals surface area contributed by atoms with Crippen molar-refractivity contribution in [3.8, 4) is 11.5 Å². The van der Waals surface area contributed by atoms with Crippen molar-refractivity contribution in [2.45, 2.75) is 6.17 Å². The topological polar surface area (TPSA) is 85.1 Å². The van der Waals surface area contributed by atoms with Gasteiger partial charge in [-0.3, -0.25) is 14.5 Å². The van der Waals surface area contributed by atoms with Gasteiger partial charge < -0.3 is 20.1 Å². The summed E-state index contributed by atoms with van der Waals surface area (Å²) in [7, 11) is 3.57. The van der Waals surface area contributed by atoms with Crippen molar-refractivity contribution in [2.24, 2.45) is 5.73 Å². The zero-order valence-electron chi connectivity index (χ0n) is 17.3. The fourth-order valence-electron chi connectivity index (χ4n) is 3.77. The van der Waals surface area contributed by atoms with Crippen molar-refractivity contribution < 1.29 is 19.1 Å². The number of rotatable bonds is 6. The van der Waals surface area contributed by atoms with Crippen LogP contribution in [-0.4, -0.2) is 32.6 Å². The van der Waals surface area contributed by atoms with Crippen LogP contribution in [0.5, 0.6) is 11.5 Å². The molecule has 0 radical (unpaired) electrons. The SMILES string of the molecule is COc1ccc(N2C(=O)c3ccccc3N(C)[C@@H]2c2ccc(OCC(N)=O)cc2)cc1. The number of amides is 2. The molecule has 1 atom stereocenters. The quantitative estimate of drug-likeness (QED) is 0.665. The van der Waals surface area contributed by atoms with E-state index in [1.54, 1.807) is 24.1 Å². The lowest BCUT2D eigenvalue weighted by molar-refractivity contribution is -0.119. The number of ether oxygens (including phenoxy) is 2. The molecule has 0 aliphatic carbocycles. The molecule has 0 saturated heterocycles. The van der Waals surface area contributed by atoms with Crippen LogP contribution in [0.4, 0.5) is 11.4 Å². The van der Waals surface area contributed by atoms with Crippen molar-refractivity contribution in [1.82, 2.24) is 0 Å². The molecular formula is C24H23N3O4. The number of anilines is 2. The van der Waals surface area contributed by atoms with E-state index < -0.39 is 5.91 Å². The molecule has 3 aromatic rings. The number of carbonyl (C=O) groups is 2. The van der Waals surface area contributed by atoms with Gasteiger partial charge >= 0.3 is 0 Å². The van der Waals surface area contributed by atoms with Crippen molar-refractivity contribution in [3.05, 3.63) is 83.9 Å². The molecule has 3 aromatic carbocycles. The van der Waals surface area contributed by atoms with Crippen LogP contribution in [0, 0.1) is 0 Å². The summed E-state index contributed by atoms with van der Waals surface area (Å²) in [6, 6.07) is 22.3. The Balaban J connectivity index is 1.76. The normalized spacial score (nSPS) is 15.4. The van der Waals surface area contributed by atoms with Gasteiger partial charge in [0.25, 0.3) is 11.8 Å². The molecule has 158 valence electrons. The van der Waals surface area contributed by atoms with E-state index in [0.717, 1.165) is 22.7 Å². The Morgan fingerprint density at radius 3 is 2.26 bits per heavy atom. The number of nitrogens with two attached hydrogens (primary N) is 1. The van der Waals surface area contributed by atoms with Gasteiger partial charge in [-0.25, -0.2) is 0 Å². The van der Waals surface area contributed by atoms with E-state index in [2.05, 4.69) is 4.90 Å². The number of primary amides is 1. The second-order valence-corrected chi connectivity index (χ2v) is 7.20. The molecule has 4 rings (SSSR count). The van der Waals surface area contributed by atoms with Crippen LogP contribution in [0.2, 0.25) is 0 Å². The lowest BCUT2D eigenvalue weighted by atomic mass is 10.0. The third-order valence-electron chi connectivity index (χ3n) is 5.25. The predicted octanol–water partition coefficient (Wildman–Crippen LogP) is 3.35. The summed E-state index contributed by atoms with van der Waals surface area (Å²) in [5.74, 6) is 0.625. The van der Waals surface area contributed by atoms with Crippen LogP contribution >= 0.6 is 0 Å². The maximum absolute atomic E-state index is 13.5. The smallest absolute Gasteiger partial charge is 0.262 e. The Morgan fingerprint density at radius 1 is 0.968 bits per heavy atom. The third-order valence-corrected chi connectivity index (χ3v) is 5.25. The minimum absolute atomic E-state index is 0.0853. The van der Waals surface area contributed by atoms with E-state index in [0.29, 0.717) is 11.3 Å². The first-order valence-electron chi connectivity index (χ1n) is 9.80. The Labute approximate surface area is 180 Å². The van der Waals surface area contributed by atoms with Gasteiger partial charge in [0.2, 0.25) is 0 Å². The molecule has 7 heteroatoms. The predicted molar refractivity (Wildman–Crippen MR) is 119 cm³/mol. The second kappa shape index (κ2) is 8.39. The van der Waals surface area contributed by atoms with Crippen LogP contribution in [-0.2, 0) is 4.79 Å². The molecule has 2 amide bonds. The van der Waals surface area contributed by atoms with E-state index in [-0.39, 0.29) is 18.7 Å². The molecule has 1 heterocycles. The van der Waals surface area contributed by atoms with Crippen LogP contribution in [0.3, 0.4) is 0 Å². The minimum atomic E-state index is -0.538. The Kier molecular flexibility index (Phi) is 5.49. The zero-order chi connectivity index (χ0) is 22.0. The average Bonchev–Trinajstić information content (AvgIpc) is 2.80. The highest BCUT2D eigenvalue weighted by atomic mass is 16.5. The summed E-state index contributed by atoms with van der Waals surface area (Å²) in [4.78, 5) is 28.3. The molecule has 0 aromatic heterocycles. The zero-order valence-corrected chi connectivity index (χ0v) is 17.3. The summed E-state index contributed by atoms with van der Waals surface area (Å²) in [6.45, 7) is -0.188. The summed E-state index contributed by atoms with van der Waals surface area (Å²) in [6.07, 6.45) is -0.374. The van der Waals surface area contributed by atoms with Gasteiger partial charge in [0.15, 0.2) is 6.61 Å². The lowest BCUT2D eigenvalue weighted by Crippen LogP contribution is -2.48. The number of hydrogen-bond acceptors (Lipinski definition) is 5. The number of methoxy groups -OCH3 is 1. The van der Waals surface area contributed by atoms with E-state index in [1.165, 1.54) is 0 Å². The number of hydrogen-bond donors (Lipinski definition) is 1.